The highest BCUT2D eigenvalue weighted by molar-refractivity contribution is 6.23. The van der Waals surface area contributed by atoms with Crippen LogP contribution in [0.3, 0.4) is 0 Å². The molecular formula is C26H24N2O6. The van der Waals surface area contributed by atoms with Gasteiger partial charge in [0.1, 0.15) is 11.8 Å². The minimum atomic E-state index is -0.960. The summed E-state index contributed by atoms with van der Waals surface area (Å²) in [5.74, 6) is -1.17. The number of hydrogen-bond acceptors (Lipinski definition) is 6. The third kappa shape index (κ3) is 4.91. The molecule has 0 saturated carbocycles. The van der Waals surface area contributed by atoms with Gasteiger partial charge in [0.05, 0.1) is 43.5 Å². The van der Waals surface area contributed by atoms with E-state index in [1.54, 1.807) is 19.1 Å². The molecule has 8 nitrogen and oxygen atoms in total. The van der Waals surface area contributed by atoms with Gasteiger partial charge in [0.15, 0.2) is 0 Å². The molecular weight excluding hydrogens is 436 g/mol. The van der Waals surface area contributed by atoms with Crippen LogP contribution >= 0.6 is 0 Å². The summed E-state index contributed by atoms with van der Waals surface area (Å²) in [5, 5.41) is 0. The van der Waals surface area contributed by atoms with Crippen molar-refractivity contribution in [1.29, 1.82) is 0 Å². The van der Waals surface area contributed by atoms with Gasteiger partial charge >= 0.3 is 5.97 Å². The maximum Gasteiger partial charge on any atom is 0.338 e. The molecule has 174 valence electrons. The average molecular weight is 460 g/mol. The number of amides is 3. The van der Waals surface area contributed by atoms with Crippen molar-refractivity contribution in [2.75, 3.05) is 11.5 Å². The molecule has 1 aliphatic heterocycles. The number of ether oxygens (including phenoxy) is 1. The van der Waals surface area contributed by atoms with Gasteiger partial charge in [-0.3, -0.25) is 14.4 Å². The Kier molecular flexibility index (Phi) is 6.87. The van der Waals surface area contributed by atoms with Crippen LogP contribution in [0.25, 0.3) is 0 Å². The molecule has 0 aliphatic carbocycles. The molecule has 0 spiro atoms. The number of carbonyl (C=O) groups is 4. The van der Waals surface area contributed by atoms with Gasteiger partial charge in [0.2, 0.25) is 11.8 Å². The molecule has 1 fully saturated rings. The Morgan fingerprint density at radius 3 is 2.41 bits per heavy atom. The first-order valence-electron chi connectivity index (χ1n) is 11.0. The Labute approximate surface area is 196 Å². The van der Waals surface area contributed by atoms with Gasteiger partial charge in [-0.1, -0.05) is 30.3 Å². The second-order valence-corrected chi connectivity index (χ2v) is 7.82. The fourth-order valence-electron chi connectivity index (χ4n) is 3.91. The second kappa shape index (κ2) is 10.2. The molecule has 1 aromatic heterocycles. The summed E-state index contributed by atoms with van der Waals surface area (Å²) in [6, 6.07) is 17.7. The Balaban J connectivity index is 1.57. The first kappa shape index (κ1) is 23.0. The normalized spacial score (nSPS) is 15.4. The number of carbonyl (C=O) groups excluding carboxylic acids is 4. The predicted octanol–water partition coefficient (Wildman–Crippen LogP) is 3.36. The number of anilines is 1. The molecule has 0 bridgehead atoms. The lowest BCUT2D eigenvalue weighted by Crippen LogP contribution is -2.45. The molecule has 3 amide bonds. The number of esters is 1. The lowest BCUT2D eigenvalue weighted by atomic mass is 10.1. The van der Waals surface area contributed by atoms with Crippen molar-refractivity contribution in [3.8, 4) is 0 Å². The van der Waals surface area contributed by atoms with Crippen molar-refractivity contribution in [3.05, 3.63) is 89.9 Å². The standard InChI is InChI=1S/C26H24N2O6/c1-2-33-26(32)19-10-12-20(13-11-19)28-24(30)16-22(25(28)31)27(17-21-9-6-14-34-21)23(29)15-18-7-4-3-5-8-18/h3-14,22H,2,15-17H2,1H3. The number of rotatable bonds is 8. The summed E-state index contributed by atoms with van der Waals surface area (Å²) >= 11 is 0. The minimum absolute atomic E-state index is 0.0675. The van der Waals surface area contributed by atoms with Gasteiger partial charge in [-0.15, -0.1) is 0 Å². The van der Waals surface area contributed by atoms with Crippen LogP contribution in [0.1, 0.15) is 35.0 Å². The van der Waals surface area contributed by atoms with E-state index in [0.717, 1.165) is 10.5 Å². The van der Waals surface area contributed by atoms with Gasteiger partial charge < -0.3 is 14.1 Å². The van der Waals surface area contributed by atoms with E-state index >= 15 is 0 Å². The van der Waals surface area contributed by atoms with Crippen molar-refractivity contribution in [1.82, 2.24) is 4.90 Å². The number of imide groups is 1. The van der Waals surface area contributed by atoms with Crippen molar-refractivity contribution >= 4 is 29.4 Å². The highest BCUT2D eigenvalue weighted by Gasteiger charge is 2.44. The molecule has 0 N–H and O–H groups in total. The molecule has 34 heavy (non-hydrogen) atoms. The third-order valence-corrected chi connectivity index (χ3v) is 5.56. The van der Waals surface area contributed by atoms with Crippen LogP contribution in [-0.2, 0) is 32.1 Å². The highest BCUT2D eigenvalue weighted by atomic mass is 16.5. The molecule has 8 heteroatoms. The average Bonchev–Trinajstić information content (AvgIpc) is 3.45. The van der Waals surface area contributed by atoms with E-state index in [1.807, 2.05) is 30.3 Å². The summed E-state index contributed by atoms with van der Waals surface area (Å²) in [5.41, 5.74) is 1.46. The van der Waals surface area contributed by atoms with Crippen molar-refractivity contribution in [2.45, 2.75) is 32.4 Å². The van der Waals surface area contributed by atoms with E-state index in [1.165, 1.54) is 35.4 Å². The highest BCUT2D eigenvalue weighted by Crippen LogP contribution is 2.28. The minimum Gasteiger partial charge on any atom is -0.467 e. The molecule has 1 saturated heterocycles. The SMILES string of the molecule is CCOC(=O)c1ccc(N2C(=O)CC(N(Cc3ccco3)C(=O)Cc3ccccc3)C2=O)cc1. The van der Waals surface area contributed by atoms with E-state index < -0.39 is 23.8 Å². The topological polar surface area (TPSA) is 97.1 Å². The lowest BCUT2D eigenvalue weighted by Gasteiger charge is -2.27. The molecule has 2 heterocycles. The zero-order valence-corrected chi connectivity index (χ0v) is 18.7. The Bertz CT molecular complexity index is 1170. The predicted molar refractivity (Wildman–Crippen MR) is 123 cm³/mol. The van der Waals surface area contributed by atoms with Crippen LogP contribution in [-0.4, -0.2) is 41.2 Å². The smallest absolute Gasteiger partial charge is 0.338 e. The maximum absolute atomic E-state index is 13.4. The van der Waals surface area contributed by atoms with Gasteiger partial charge in [-0.25, -0.2) is 9.69 Å². The summed E-state index contributed by atoms with van der Waals surface area (Å²) in [6.07, 6.45) is 1.45. The summed E-state index contributed by atoms with van der Waals surface area (Å²) in [6.45, 7) is 2.02. The van der Waals surface area contributed by atoms with Crippen LogP contribution in [0.15, 0.2) is 77.4 Å². The molecule has 1 aliphatic rings. The van der Waals surface area contributed by atoms with Gasteiger partial charge in [-0.05, 0) is 48.9 Å². The molecule has 3 aromatic rings. The quantitative estimate of drug-likeness (QED) is 0.378. The van der Waals surface area contributed by atoms with Crippen LogP contribution in [0.4, 0.5) is 5.69 Å². The van der Waals surface area contributed by atoms with Gasteiger partial charge in [0, 0.05) is 0 Å². The van der Waals surface area contributed by atoms with E-state index in [-0.39, 0.29) is 31.9 Å². The fraction of sp³-hybridized carbons (Fsp3) is 0.231. The van der Waals surface area contributed by atoms with E-state index in [0.29, 0.717) is 17.0 Å². The molecule has 0 radical (unpaired) electrons. The first-order valence-corrected chi connectivity index (χ1v) is 11.0. The van der Waals surface area contributed by atoms with Crippen LogP contribution in [0, 0.1) is 0 Å². The number of benzene rings is 2. The van der Waals surface area contributed by atoms with Crippen LogP contribution < -0.4 is 4.90 Å². The zero-order chi connectivity index (χ0) is 24.1. The lowest BCUT2D eigenvalue weighted by molar-refractivity contribution is -0.138. The Morgan fingerprint density at radius 1 is 1.03 bits per heavy atom. The molecule has 4 rings (SSSR count). The number of furan rings is 1. The van der Waals surface area contributed by atoms with Gasteiger partial charge in [0.25, 0.3) is 5.91 Å². The maximum atomic E-state index is 13.4. The molecule has 1 unspecified atom stereocenters. The second-order valence-electron chi connectivity index (χ2n) is 7.82. The molecule has 2 aromatic carbocycles. The third-order valence-electron chi connectivity index (χ3n) is 5.56. The summed E-state index contributed by atoms with van der Waals surface area (Å²) in [4.78, 5) is 53.8. The van der Waals surface area contributed by atoms with Crippen LogP contribution in [0.2, 0.25) is 0 Å². The summed E-state index contributed by atoms with van der Waals surface area (Å²) < 4.78 is 10.4. The van der Waals surface area contributed by atoms with Gasteiger partial charge in [-0.2, -0.15) is 0 Å². The van der Waals surface area contributed by atoms with E-state index in [4.69, 9.17) is 9.15 Å². The number of nitrogens with zero attached hydrogens (tertiary/aromatic N) is 2. The Morgan fingerprint density at radius 2 is 1.76 bits per heavy atom. The Hall–Kier alpha value is -4.20. The zero-order valence-electron chi connectivity index (χ0n) is 18.7. The summed E-state index contributed by atoms with van der Waals surface area (Å²) in [7, 11) is 0. The van der Waals surface area contributed by atoms with Crippen molar-refractivity contribution in [3.63, 3.8) is 0 Å². The fourth-order valence-corrected chi connectivity index (χ4v) is 3.91. The van der Waals surface area contributed by atoms with Crippen molar-refractivity contribution in [2.24, 2.45) is 0 Å². The van der Waals surface area contributed by atoms with E-state index in [9.17, 15) is 19.2 Å². The molecule has 1 atom stereocenters. The monoisotopic (exact) mass is 460 g/mol. The largest absolute Gasteiger partial charge is 0.467 e. The van der Waals surface area contributed by atoms with Crippen LogP contribution in [0.5, 0.6) is 0 Å². The van der Waals surface area contributed by atoms with E-state index in [2.05, 4.69) is 0 Å². The van der Waals surface area contributed by atoms with Crippen molar-refractivity contribution < 1.29 is 28.3 Å². The first-order chi connectivity index (χ1) is 16.5. The number of hydrogen-bond donors (Lipinski definition) is 0.